The molecule has 2 aromatic rings. The van der Waals surface area contributed by atoms with Gasteiger partial charge in [-0.2, -0.15) is 0 Å². The van der Waals surface area contributed by atoms with Gasteiger partial charge >= 0.3 is 0 Å². The number of nitrogens with zero attached hydrogens (tertiary/aromatic N) is 5. The zero-order valence-corrected chi connectivity index (χ0v) is 14.6. The van der Waals surface area contributed by atoms with Gasteiger partial charge in [0.1, 0.15) is 18.5 Å². The summed E-state index contributed by atoms with van der Waals surface area (Å²) in [5, 5.41) is 0. The third-order valence-corrected chi connectivity index (χ3v) is 4.56. The van der Waals surface area contributed by atoms with Crippen molar-refractivity contribution >= 4 is 17.0 Å². The van der Waals surface area contributed by atoms with E-state index >= 15 is 0 Å². The van der Waals surface area contributed by atoms with Crippen LogP contribution in [0.5, 0.6) is 0 Å². The molecular formula is C16H23N5O3. The smallest absolute Gasteiger partial charge is 0.167 e. The SMILES string of the molecule is CC[C@H]1O[C@@H](n2cnc3c(N(C)C)ncnc32)[C@@H]2OC(C)(C)O[C@@H]21. The second-order valence-corrected chi connectivity index (χ2v) is 6.95. The Kier molecular flexibility index (Phi) is 3.52. The van der Waals surface area contributed by atoms with Gasteiger partial charge in [0.05, 0.1) is 12.4 Å². The van der Waals surface area contributed by atoms with Crippen molar-refractivity contribution in [3.8, 4) is 0 Å². The molecule has 0 radical (unpaired) electrons. The highest BCUT2D eigenvalue weighted by atomic mass is 16.8. The number of anilines is 1. The molecule has 8 nitrogen and oxygen atoms in total. The minimum absolute atomic E-state index is 0.00520. The van der Waals surface area contributed by atoms with Gasteiger partial charge in [0.15, 0.2) is 29.0 Å². The molecule has 8 heteroatoms. The summed E-state index contributed by atoms with van der Waals surface area (Å²) < 4.78 is 20.3. The van der Waals surface area contributed by atoms with Crippen LogP contribution in [0.3, 0.4) is 0 Å². The summed E-state index contributed by atoms with van der Waals surface area (Å²) >= 11 is 0. The number of imidazole rings is 1. The van der Waals surface area contributed by atoms with E-state index in [0.717, 1.165) is 23.4 Å². The van der Waals surface area contributed by atoms with Gasteiger partial charge in [-0.1, -0.05) is 6.92 Å². The summed E-state index contributed by atoms with van der Waals surface area (Å²) in [4.78, 5) is 15.2. The summed E-state index contributed by atoms with van der Waals surface area (Å²) in [5.74, 6) is 0.176. The van der Waals surface area contributed by atoms with Crippen molar-refractivity contribution in [2.75, 3.05) is 19.0 Å². The molecule has 0 aromatic carbocycles. The second kappa shape index (κ2) is 5.37. The molecule has 4 rings (SSSR count). The third kappa shape index (κ3) is 2.28. The molecule has 4 atom stereocenters. The molecule has 2 aromatic heterocycles. The predicted octanol–water partition coefficient (Wildman–Crippen LogP) is 1.72. The maximum Gasteiger partial charge on any atom is 0.167 e. The normalized spacial score (nSPS) is 31.5. The molecule has 0 spiro atoms. The maximum absolute atomic E-state index is 6.22. The molecule has 2 fully saturated rings. The van der Waals surface area contributed by atoms with E-state index in [-0.39, 0.29) is 24.5 Å². The van der Waals surface area contributed by atoms with Gasteiger partial charge in [-0.15, -0.1) is 0 Å². The molecular weight excluding hydrogens is 310 g/mol. The van der Waals surface area contributed by atoms with Crippen LogP contribution in [0.25, 0.3) is 11.2 Å². The van der Waals surface area contributed by atoms with Crippen LogP contribution in [0.4, 0.5) is 5.82 Å². The quantitative estimate of drug-likeness (QED) is 0.846. The van der Waals surface area contributed by atoms with Gasteiger partial charge in [0.25, 0.3) is 0 Å². The summed E-state index contributed by atoms with van der Waals surface area (Å²) in [5.41, 5.74) is 1.49. The highest BCUT2D eigenvalue weighted by Crippen LogP contribution is 2.44. The Hall–Kier alpha value is -1.77. The number of rotatable bonds is 3. The highest BCUT2D eigenvalue weighted by molar-refractivity contribution is 5.83. The first-order valence-corrected chi connectivity index (χ1v) is 8.27. The van der Waals surface area contributed by atoms with E-state index in [9.17, 15) is 0 Å². The largest absolute Gasteiger partial charge is 0.361 e. The monoisotopic (exact) mass is 333 g/mol. The fourth-order valence-electron chi connectivity index (χ4n) is 3.56. The van der Waals surface area contributed by atoms with Gasteiger partial charge in [-0.3, -0.25) is 4.57 Å². The number of hydrogen-bond acceptors (Lipinski definition) is 7. The lowest BCUT2D eigenvalue weighted by Gasteiger charge is -2.24. The molecule has 0 bridgehead atoms. The Morgan fingerprint density at radius 2 is 1.92 bits per heavy atom. The van der Waals surface area contributed by atoms with Crippen LogP contribution in [0.15, 0.2) is 12.7 Å². The van der Waals surface area contributed by atoms with Crippen molar-refractivity contribution in [3.05, 3.63) is 12.7 Å². The van der Waals surface area contributed by atoms with Crippen molar-refractivity contribution < 1.29 is 14.2 Å². The fraction of sp³-hybridized carbons (Fsp3) is 0.688. The van der Waals surface area contributed by atoms with Crippen LogP contribution >= 0.6 is 0 Å². The Morgan fingerprint density at radius 1 is 1.17 bits per heavy atom. The topological polar surface area (TPSA) is 74.5 Å². The zero-order valence-electron chi connectivity index (χ0n) is 14.6. The molecule has 2 saturated heterocycles. The molecule has 2 aliphatic rings. The number of aromatic nitrogens is 4. The van der Waals surface area contributed by atoms with Crippen LogP contribution in [0.1, 0.15) is 33.4 Å². The fourth-order valence-corrected chi connectivity index (χ4v) is 3.56. The van der Waals surface area contributed by atoms with E-state index < -0.39 is 5.79 Å². The summed E-state index contributed by atoms with van der Waals surface area (Å²) in [7, 11) is 3.87. The van der Waals surface area contributed by atoms with Gasteiger partial charge in [-0.05, 0) is 20.3 Å². The third-order valence-electron chi connectivity index (χ3n) is 4.56. The molecule has 24 heavy (non-hydrogen) atoms. The molecule has 0 saturated carbocycles. The first-order valence-electron chi connectivity index (χ1n) is 8.27. The molecule has 130 valence electrons. The van der Waals surface area contributed by atoms with E-state index in [0.29, 0.717) is 0 Å². The van der Waals surface area contributed by atoms with E-state index in [1.165, 1.54) is 0 Å². The standard InChI is InChI=1S/C16H23N5O3/c1-6-9-11-12(24-16(2,3)23-11)15(22-9)21-8-19-10-13(20(4)5)17-7-18-14(10)21/h7-9,11-12,15H,6H2,1-5H3/t9-,11-,12-,15-/m1/s1. The molecule has 2 aliphatic heterocycles. The summed E-state index contributed by atoms with van der Waals surface area (Å²) in [6, 6.07) is 0. The van der Waals surface area contributed by atoms with Crippen LogP contribution in [-0.2, 0) is 14.2 Å². The van der Waals surface area contributed by atoms with Gasteiger partial charge < -0.3 is 19.1 Å². The average Bonchev–Trinajstić information content (AvgIpc) is 3.17. The van der Waals surface area contributed by atoms with E-state index in [1.807, 2.05) is 37.4 Å². The van der Waals surface area contributed by atoms with Crippen molar-refractivity contribution in [2.24, 2.45) is 0 Å². The summed E-state index contributed by atoms with van der Waals surface area (Å²) in [6.45, 7) is 5.97. The average molecular weight is 333 g/mol. The molecule has 0 unspecified atom stereocenters. The number of ether oxygens (including phenoxy) is 3. The van der Waals surface area contributed by atoms with Gasteiger partial charge in [0, 0.05) is 14.1 Å². The molecule has 0 N–H and O–H groups in total. The van der Waals surface area contributed by atoms with E-state index in [4.69, 9.17) is 14.2 Å². The predicted molar refractivity (Wildman–Crippen MR) is 87.7 cm³/mol. The molecule has 0 aliphatic carbocycles. The first-order chi connectivity index (χ1) is 11.4. The maximum atomic E-state index is 6.22. The van der Waals surface area contributed by atoms with Crippen LogP contribution in [0.2, 0.25) is 0 Å². The van der Waals surface area contributed by atoms with Crippen molar-refractivity contribution in [1.29, 1.82) is 0 Å². The Morgan fingerprint density at radius 3 is 2.62 bits per heavy atom. The number of hydrogen-bond donors (Lipinski definition) is 0. The lowest BCUT2D eigenvalue weighted by Crippen LogP contribution is -2.28. The van der Waals surface area contributed by atoms with E-state index in [1.54, 1.807) is 12.7 Å². The van der Waals surface area contributed by atoms with E-state index in [2.05, 4.69) is 21.9 Å². The lowest BCUT2D eigenvalue weighted by atomic mass is 10.1. The van der Waals surface area contributed by atoms with Crippen molar-refractivity contribution in [2.45, 2.75) is 57.5 Å². The second-order valence-electron chi connectivity index (χ2n) is 6.95. The number of fused-ring (bicyclic) bond motifs is 2. The minimum atomic E-state index is -0.606. The van der Waals surface area contributed by atoms with Crippen LogP contribution in [-0.4, -0.2) is 57.7 Å². The van der Waals surface area contributed by atoms with Crippen LogP contribution in [0, 0.1) is 0 Å². The van der Waals surface area contributed by atoms with Crippen LogP contribution < -0.4 is 4.90 Å². The first kappa shape index (κ1) is 15.7. The Labute approximate surface area is 140 Å². The lowest BCUT2D eigenvalue weighted by molar-refractivity contribution is -0.196. The minimum Gasteiger partial charge on any atom is -0.361 e. The highest BCUT2D eigenvalue weighted by Gasteiger charge is 2.55. The van der Waals surface area contributed by atoms with Gasteiger partial charge in [0.2, 0.25) is 0 Å². The molecule has 0 amide bonds. The summed E-state index contributed by atoms with van der Waals surface area (Å²) in [6.07, 6.45) is 3.59. The zero-order chi connectivity index (χ0) is 17.1. The Bertz CT molecular complexity index is 759. The molecule has 4 heterocycles. The van der Waals surface area contributed by atoms with Crippen molar-refractivity contribution in [3.63, 3.8) is 0 Å². The Balaban J connectivity index is 1.76. The van der Waals surface area contributed by atoms with Crippen molar-refractivity contribution in [1.82, 2.24) is 19.5 Å². The van der Waals surface area contributed by atoms with Gasteiger partial charge in [-0.25, -0.2) is 15.0 Å².